The molecule has 2 amide bonds. The summed E-state index contributed by atoms with van der Waals surface area (Å²) in [5, 5.41) is 9.98. The third kappa shape index (κ3) is 4.56. The number of methoxy groups -OCH3 is 2. The molecule has 7 nitrogen and oxygen atoms in total. The first-order valence-electron chi connectivity index (χ1n) is 10.8. The maximum absolute atomic E-state index is 13.2. The fourth-order valence-electron chi connectivity index (χ4n) is 4.85. The lowest BCUT2D eigenvalue weighted by molar-refractivity contribution is -0.136. The summed E-state index contributed by atoms with van der Waals surface area (Å²) in [6.45, 7) is 6.63. The van der Waals surface area contributed by atoms with E-state index in [0.29, 0.717) is 36.1 Å². The number of amides is 2. The molecule has 1 aromatic carbocycles. The van der Waals surface area contributed by atoms with E-state index in [9.17, 15) is 14.7 Å². The second-order valence-corrected chi connectivity index (χ2v) is 8.70. The van der Waals surface area contributed by atoms with Gasteiger partial charge in [0.2, 0.25) is 5.91 Å². The number of carbonyl (C=O) groups excluding carboxylic acids is 2. The van der Waals surface area contributed by atoms with Crippen LogP contribution in [0.5, 0.6) is 11.5 Å². The van der Waals surface area contributed by atoms with Crippen LogP contribution in [-0.2, 0) is 4.79 Å². The number of aliphatic hydroxyl groups is 1. The molecule has 2 aliphatic rings. The van der Waals surface area contributed by atoms with Crippen LogP contribution < -0.4 is 9.47 Å². The molecule has 0 unspecified atom stereocenters. The van der Waals surface area contributed by atoms with Gasteiger partial charge >= 0.3 is 0 Å². The molecule has 0 aromatic heterocycles. The average molecular weight is 419 g/mol. The molecule has 0 bridgehead atoms. The van der Waals surface area contributed by atoms with E-state index < -0.39 is 0 Å². The van der Waals surface area contributed by atoms with Crippen LogP contribution in [0.15, 0.2) is 18.2 Å². The van der Waals surface area contributed by atoms with Gasteiger partial charge < -0.3 is 24.4 Å². The summed E-state index contributed by atoms with van der Waals surface area (Å²) in [6, 6.07) is 5.21. The van der Waals surface area contributed by atoms with E-state index in [1.54, 1.807) is 32.4 Å². The van der Waals surface area contributed by atoms with Crippen molar-refractivity contribution in [3.8, 4) is 11.5 Å². The summed E-state index contributed by atoms with van der Waals surface area (Å²) in [5.41, 5.74) is 0.507. The Morgan fingerprint density at radius 1 is 1.10 bits per heavy atom. The van der Waals surface area contributed by atoms with Gasteiger partial charge in [0.1, 0.15) is 11.5 Å². The number of rotatable bonds is 6. The van der Waals surface area contributed by atoms with Gasteiger partial charge in [-0.15, -0.1) is 0 Å². The average Bonchev–Trinajstić information content (AvgIpc) is 3.22. The monoisotopic (exact) mass is 418 g/mol. The summed E-state index contributed by atoms with van der Waals surface area (Å²) in [4.78, 5) is 29.3. The Bertz CT molecular complexity index is 758. The van der Waals surface area contributed by atoms with Crippen molar-refractivity contribution in [1.82, 2.24) is 9.80 Å². The quantitative estimate of drug-likeness (QED) is 0.767. The first-order chi connectivity index (χ1) is 14.4. The number of ether oxygens (including phenoxy) is 2. The Kier molecular flexibility index (Phi) is 7.23. The fraction of sp³-hybridized carbons (Fsp3) is 0.652. The third-order valence-corrected chi connectivity index (χ3v) is 6.60. The Labute approximate surface area is 178 Å². The predicted octanol–water partition coefficient (Wildman–Crippen LogP) is 2.28. The maximum atomic E-state index is 13.2. The van der Waals surface area contributed by atoms with E-state index in [1.165, 1.54) is 0 Å². The number of likely N-dealkylation sites (tertiary alicyclic amines) is 2. The zero-order valence-electron chi connectivity index (χ0n) is 18.5. The van der Waals surface area contributed by atoms with Crippen LogP contribution in [-0.4, -0.2) is 73.7 Å². The Hall–Kier alpha value is -2.28. The second-order valence-electron chi connectivity index (χ2n) is 8.70. The van der Waals surface area contributed by atoms with Crippen molar-refractivity contribution in [3.05, 3.63) is 23.8 Å². The number of hydrogen-bond donors (Lipinski definition) is 1. The zero-order chi connectivity index (χ0) is 21.8. The van der Waals surface area contributed by atoms with Crippen molar-refractivity contribution < 1.29 is 24.2 Å². The van der Waals surface area contributed by atoms with Crippen LogP contribution in [0.1, 0.15) is 37.0 Å². The smallest absolute Gasteiger partial charge is 0.257 e. The van der Waals surface area contributed by atoms with Gasteiger partial charge in [0.25, 0.3) is 5.91 Å². The molecule has 2 fully saturated rings. The van der Waals surface area contributed by atoms with Gasteiger partial charge in [-0.2, -0.15) is 0 Å². The Balaban J connectivity index is 1.68. The number of piperidine rings is 1. The van der Waals surface area contributed by atoms with Crippen molar-refractivity contribution in [2.24, 2.45) is 23.7 Å². The topological polar surface area (TPSA) is 79.3 Å². The molecule has 1 aromatic rings. The molecule has 2 heterocycles. The summed E-state index contributed by atoms with van der Waals surface area (Å²) < 4.78 is 10.6. The highest BCUT2D eigenvalue weighted by molar-refractivity contribution is 5.97. The van der Waals surface area contributed by atoms with E-state index in [0.717, 1.165) is 25.9 Å². The minimum absolute atomic E-state index is 0.0193. The van der Waals surface area contributed by atoms with Crippen LogP contribution in [0.25, 0.3) is 0 Å². The number of nitrogens with zero attached hydrogens (tertiary/aromatic N) is 2. The van der Waals surface area contributed by atoms with Gasteiger partial charge in [-0.05, 0) is 36.8 Å². The molecular weight excluding hydrogens is 384 g/mol. The first kappa shape index (κ1) is 22.4. The lowest BCUT2D eigenvalue weighted by Crippen LogP contribution is -2.43. The van der Waals surface area contributed by atoms with Crippen LogP contribution >= 0.6 is 0 Å². The summed E-state index contributed by atoms with van der Waals surface area (Å²) in [6.07, 6.45) is 1.85. The van der Waals surface area contributed by atoms with E-state index in [2.05, 4.69) is 0 Å². The highest BCUT2D eigenvalue weighted by Gasteiger charge is 2.41. The summed E-state index contributed by atoms with van der Waals surface area (Å²) in [5.74, 6) is 2.00. The highest BCUT2D eigenvalue weighted by Crippen LogP contribution is 2.37. The molecule has 30 heavy (non-hydrogen) atoms. The van der Waals surface area contributed by atoms with Crippen LogP contribution in [0.4, 0.5) is 0 Å². The fourth-order valence-corrected chi connectivity index (χ4v) is 4.85. The van der Waals surface area contributed by atoms with Crippen LogP contribution in [0, 0.1) is 23.7 Å². The van der Waals surface area contributed by atoms with E-state index in [1.807, 2.05) is 23.6 Å². The SMILES string of the molecule is COc1ccc(C(=O)N2C[C@@H](CO)[C@H](C3CCN(C(=O)C(C)C)CC3)C2)c(OC)c1. The minimum atomic E-state index is -0.0807. The maximum Gasteiger partial charge on any atom is 0.257 e. The molecule has 2 atom stereocenters. The summed E-state index contributed by atoms with van der Waals surface area (Å²) in [7, 11) is 3.12. The molecule has 2 saturated heterocycles. The normalized spacial score (nSPS) is 22.5. The molecule has 2 aliphatic heterocycles. The van der Waals surface area contributed by atoms with Gasteiger partial charge in [-0.3, -0.25) is 9.59 Å². The van der Waals surface area contributed by atoms with E-state index in [-0.39, 0.29) is 36.2 Å². The van der Waals surface area contributed by atoms with Crippen molar-refractivity contribution in [2.45, 2.75) is 26.7 Å². The van der Waals surface area contributed by atoms with E-state index in [4.69, 9.17) is 9.47 Å². The van der Waals surface area contributed by atoms with E-state index >= 15 is 0 Å². The molecular formula is C23H34N2O5. The van der Waals surface area contributed by atoms with Crippen LogP contribution in [0.2, 0.25) is 0 Å². The van der Waals surface area contributed by atoms with Gasteiger partial charge in [0.15, 0.2) is 0 Å². The predicted molar refractivity (Wildman–Crippen MR) is 114 cm³/mol. The Morgan fingerprint density at radius 2 is 1.80 bits per heavy atom. The molecule has 0 saturated carbocycles. The van der Waals surface area contributed by atoms with Gasteiger partial charge in [0, 0.05) is 50.7 Å². The Morgan fingerprint density at radius 3 is 2.37 bits per heavy atom. The number of carbonyl (C=O) groups is 2. The molecule has 0 spiro atoms. The number of aliphatic hydroxyl groups excluding tert-OH is 1. The number of hydrogen-bond acceptors (Lipinski definition) is 5. The third-order valence-electron chi connectivity index (χ3n) is 6.60. The number of benzene rings is 1. The standard InChI is InChI=1S/C23H34N2O5/c1-15(2)22(27)24-9-7-16(8-10-24)20-13-25(12-17(20)14-26)23(28)19-6-5-18(29-3)11-21(19)30-4/h5-6,11,15-17,20,26H,7-10,12-14H2,1-4H3/t17-,20-/m0/s1. The van der Waals surface area contributed by atoms with Crippen molar-refractivity contribution in [3.63, 3.8) is 0 Å². The molecule has 0 aliphatic carbocycles. The lowest BCUT2D eigenvalue weighted by atomic mass is 9.78. The highest BCUT2D eigenvalue weighted by atomic mass is 16.5. The van der Waals surface area contributed by atoms with Crippen molar-refractivity contribution in [1.29, 1.82) is 0 Å². The molecule has 3 rings (SSSR count). The van der Waals surface area contributed by atoms with Gasteiger partial charge in [-0.1, -0.05) is 13.8 Å². The van der Waals surface area contributed by atoms with Gasteiger partial charge in [-0.25, -0.2) is 0 Å². The van der Waals surface area contributed by atoms with Gasteiger partial charge in [0.05, 0.1) is 19.8 Å². The van der Waals surface area contributed by atoms with Crippen molar-refractivity contribution in [2.75, 3.05) is 47.0 Å². The zero-order valence-corrected chi connectivity index (χ0v) is 18.5. The first-order valence-corrected chi connectivity index (χ1v) is 10.8. The molecule has 7 heteroatoms. The molecule has 1 N–H and O–H groups in total. The largest absolute Gasteiger partial charge is 0.497 e. The molecule has 166 valence electrons. The minimum Gasteiger partial charge on any atom is -0.497 e. The lowest BCUT2D eigenvalue weighted by Gasteiger charge is -2.37. The second kappa shape index (κ2) is 9.69. The summed E-state index contributed by atoms with van der Waals surface area (Å²) >= 11 is 0. The van der Waals surface area contributed by atoms with Crippen LogP contribution in [0.3, 0.4) is 0 Å². The van der Waals surface area contributed by atoms with Crippen molar-refractivity contribution >= 4 is 11.8 Å². The molecule has 0 radical (unpaired) electrons.